The lowest BCUT2D eigenvalue weighted by atomic mass is 9.50. The van der Waals surface area contributed by atoms with Crippen LogP contribution in [-0.2, 0) is 9.59 Å². The molecule has 3 heterocycles. The van der Waals surface area contributed by atoms with Gasteiger partial charge in [-0.05, 0) is 87.3 Å². The van der Waals surface area contributed by atoms with Crippen LogP contribution in [0.15, 0.2) is 48.7 Å². The van der Waals surface area contributed by atoms with Crippen molar-refractivity contribution < 1.29 is 14.7 Å². The van der Waals surface area contributed by atoms with E-state index in [4.69, 9.17) is 21.2 Å². The van der Waals surface area contributed by atoms with E-state index in [0.29, 0.717) is 16.9 Å². The van der Waals surface area contributed by atoms with Crippen molar-refractivity contribution in [2.75, 3.05) is 36.9 Å². The van der Waals surface area contributed by atoms with Crippen molar-refractivity contribution in [3.05, 3.63) is 59.7 Å². The van der Waals surface area contributed by atoms with Gasteiger partial charge in [0.2, 0.25) is 6.41 Å². The third kappa shape index (κ3) is 9.08. The number of likely N-dealkylation sites (tertiary alicyclic amines) is 1. The first-order valence-corrected chi connectivity index (χ1v) is 15.0. The molecular formula is C32H50N6O3. The fraction of sp³-hybridized carbons (Fsp3) is 0.594. The molecule has 9 heteroatoms. The Bertz CT molecular complexity index is 1100. The molecule has 6 rings (SSSR count). The van der Waals surface area contributed by atoms with E-state index < -0.39 is 5.97 Å². The standard InChI is InChI=1S/C14H23NO2.C11H18N4.C6H6.CH3NO/c1-10-5-14(6-10)7-12(8-14)15-4-2-3-11(9-15)13(16)17;1-8-3-4-14(6-8)10-5-9(2)11(12)15(13)7-10;1-2-4-6-5-3-1;2-1-3/h10-12H,2-9H2,1H3,(H,16,17);5,7-8,12H,3-4,6,13H2,1-2H3;1-6H;1H,(H2,2,3). The second kappa shape index (κ2) is 15.1. The summed E-state index contributed by atoms with van der Waals surface area (Å²) in [5.74, 6) is 6.71. The van der Waals surface area contributed by atoms with Gasteiger partial charge in [0.25, 0.3) is 0 Å². The molecule has 1 aromatic carbocycles. The Labute approximate surface area is 245 Å². The molecule has 41 heavy (non-hydrogen) atoms. The minimum Gasteiger partial charge on any atom is -0.481 e. The number of nitrogen functional groups attached to an aromatic ring is 1. The van der Waals surface area contributed by atoms with Gasteiger partial charge in [0.1, 0.15) is 5.49 Å². The van der Waals surface area contributed by atoms with Gasteiger partial charge in [0.15, 0.2) is 0 Å². The van der Waals surface area contributed by atoms with Crippen molar-refractivity contribution in [1.82, 2.24) is 9.58 Å². The van der Waals surface area contributed by atoms with E-state index in [1.165, 1.54) is 36.8 Å². The average molecular weight is 567 g/mol. The number of carboxylic acids is 1. The van der Waals surface area contributed by atoms with Crippen molar-refractivity contribution in [2.24, 2.45) is 28.9 Å². The number of primary amides is 1. The number of carboxylic acid groups (broad SMARTS) is 1. The number of nitrogens with zero attached hydrogens (tertiary/aromatic N) is 3. The summed E-state index contributed by atoms with van der Waals surface area (Å²) in [5, 5.41) is 16.8. The number of hydrogen-bond acceptors (Lipinski definition) is 6. The van der Waals surface area contributed by atoms with Gasteiger partial charge in [-0.1, -0.05) is 50.2 Å². The zero-order chi connectivity index (χ0) is 30.0. The molecule has 6 N–H and O–H groups in total. The van der Waals surface area contributed by atoms with E-state index in [9.17, 15) is 4.79 Å². The molecule has 2 aliphatic carbocycles. The largest absolute Gasteiger partial charge is 0.481 e. The Hall–Kier alpha value is -3.33. The Balaban J connectivity index is 0.000000175. The smallest absolute Gasteiger partial charge is 0.307 e. The highest BCUT2D eigenvalue weighted by Gasteiger charge is 2.53. The quantitative estimate of drug-likeness (QED) is 0.327. The van der Waals surface area contributed by atoms with Gasteiger partial charge < -0.3 is 21.6 Å². The fourth-order valence-corrected chi connectivity index (χ4v) is 6.96. The number of aryl methyl sites for hydroxylation is 1. The number of pyridine rings is 1. The number of carbonyl (C=O) groups excluding carboxylic acids is 1. The maximum Gasteiger partial charge on any atom is 0.307 e. The number of benzene rings is 1. The van der Waals surface area contributed by atoms with Crippen molar-refractivity contribution >= 4 is 18.1 Å². The van der Waals surface area contributed by atoms with Gasteiger partial charge in [-0.25, -0.2) is 0 Å². The highest BCUT2D eigenvalue weighted by Crippen LogP contribution is 2.59. The first-order chi connectivity index (χ1) is 19.6. The summed E-state index contributed by atoms with van der Waals surface area (Å²) < 4.78 is 1.40. The number of aromatic nitrogens is 1. The number of piperidine rings is 1. The Morgan fingerprint density at radius 1 is 1.00 bits per heavy atom. The molecule has 2 unspecified atom stereocenters. The Morgan fingerprint density at radius 3 is 2.05 bits per heavy atom. The first-order valence-electron chi connectivity index (χ1n) is 15.0. The van der Waals surface area contributed by atoms with Crippen molar-refractivity contribution in [3.8, 4) is 0 Å². The lowest BCUT2D eigenvalue weighted by Gasteiger charge is -2.60. The summed E-state index contributed by atoms with van der Waals surface area (Å²) in [7, 11) is 0. The predicted molar refractivity (Wildman–Crippen MR) is 164 cm³/mol. The fourth-order valence-electron chi connectivity index (χ4n) is 6.96. The maximum absolute atomic E-state index is 11.0. The number of anilines is 1. The highest BCUT2D eigenvalue weighted by atomic mass is 16.4. The van der Waals surface area contributed by atoms with Crippen LogP contribution in [0.25, 0.3) is 0 Å². The molecule has 2 saturated heterocycles. The normalized spacial score (nSPS) is 28.3. The summed E-state index contributed by atoms with van der Waals surface area (Å²) >= 11 is 0. The minimum atomic E-state index is -0.596. The monoisotopic (exact) mass is 566 g/mol. The van der Waals surface area contributed by atoms with Crippen LogP contribution in [0.1, 0.15) is 64.4 Å². The molecule has 1 spiro atoms. The summed E-state index contributed by atoms with van der Waals surface area (Å²) in [4.78, 5) is 24.4. The molecule has 2 aromatic rings. The maximum atomic E-state index is 11.0. The molecule has 2 saturated carbocycles. The van der Waals surface area contributed by atoms with Crippen molar-refractivity contribution in [2.45, 2.75) is 71.8 Å². The SMILES string of the molecule is CC1CC2(C1)CC(N1CCCC(C(=O)O)C1)C2.Cc1cc(N2CCC(C)C2)cn(N)c1=N.NC=O.c1ccccc1. The first kappa shape index (κ1) is 32.2. The Kier molecular flexibility index (Phi) is 11.8. The number of hydrogen-bond donors (Lipinski definition) is 4. The molecule has 0 bridgehead atoms. The van der Waals surface area contributed by atoms with Gasteiger partial charge in [-0.2, -0.15) is 0 Å². The van der Waals surface area contributed by atoms with Gasteiger partial charge in [0.05, 0.1) is 17.8 Å². The minimum absolute atomic E-state index is 0.111. The average Bonchev–Trinajstić information content (AvgIpc) is 3.37. The van der Waals surface area contributed by atoms with Crippen LogP contribution in [0.5, 0.6) is 0 Å². The summed E-state index contributed by atoms with van der Waals surface area (Å²) in [6.45, 7) is 10.7. The number of nitrogens with one attached hydrogen (secondary N) is 1. The van der Waals surface area contributed by atoms with Crippen LogP contribution in [0.3, 0.4) is 0 Å². The molecular weight excluding hydrogens is 516 g/mol. The zero-order valence-corrected chi connectivity index (χ0v) is 25.0. The van der Waals surface area contributed by atoms with Crippen LogP contribution in [0, 0.1) is 35.5 Å². The van der Waals surface area contributed by atoms with Gasteiger partial charge >= 0.3 is 5.97 Å². The van der Waals surface area contributed by atoms with Gasteiger partial charge in [0, 0.05) is 25.7 Å². The second-order valence-corrected chi connectivity index (χ2v) is 12.5. The molecule has 4 aliphatic rings. The number of aliphatic carboxylic acids is 1. The molecule has 2 atom stereocenters. The molecule has 2 aliphatic heterocycles. The van der Waals surface area contributed by atoms with Crippen LogP contribution in [0.2, 0.25) is 0 Å². The molecule has 226 valence electrons. The predicted octanol–water partition coefficient (Wildman–Crippen LogP) is 3.99. The Morgan fingerprint density at radius 2 is 1.59 bits per heavy atom. The van der Waals surface area contributed by atoms with Crippen LogP contribution >= 0.6 is 0 Å². The molecule has 4 fully saturated rings. The summed E-state index contributed by atoms with van der Waals surface area (Å²) in [6.07, 6.45) is 10.8. The molecule has 1 aromatic heterocycles. The molecule has 9 nitrogen and oxygen atoms in total. The van der Waals surface area contributed by atoms with Gasteiger partial charge in [-0.15, -0.1) is 0 Å². The zero-order valence-electron chi connectivity index (χ0n) is 25.0. The van der Waals surface area contributed by atoms with Crippen LogP contribution in [0.4, 0.5) is 5.69 Å². The second-order valence-electron chi connectivity index (χ2n) is 12.5. The third-order valence-corrected chi connectivity index (χ3v) is 8.94. The lowest BCUT2D eigenvalue weighted by molar-refractivity contribution is -0.146. The van der Waals surface area contributed by atoms with Crippen molar-refractivity contribution in [3.63, 3.8) is 0 Å². The van der Waals surface area contributed by atoms with E-state index >= 15 is 0 Å². The number of nitrogens with two attached hydrogens (primary N) is 2. The van der Waals surface area contributed by atoms with E-state index in [1.54, 1.807) is 0 Å². The molecule has 0 radical (unpaired) electrons. The number of amides is 1. The van der Waals surface area contributed by atoms with Crippen LogP contribution in [-0.4, -0.2) is 59.3 Å². The molecule has 1 amide bonds. The number of rotatable bonds is 3. The van der Waals surface area contributed by atoms with E-state index in [0.717, 1.165) is 62.1 Å². The highest BCUT2D eigenvalue weighted by molar-refractivity contribution is 5.70. The van der Waals surface area contributed by atoms with Crippen molar-refractivity contribution in [1.29, 1.82) is 5.41 Å². The van der Waals surface area contributed by atoms with Gasteiger partial charge in [-0.3, -0.25) is 24.6 Å². The summed E-state index contributed by atoms with van der Waals surface area (Å²) in [5.41, 5.74) is 7.29. The van der Waals surface area contributed by atoms with E-state index in [-0.39, 0.29) is 12.3 Å². The van der Waals surface area contributed by atoms with E-state index in [1.807, 2.05) is 55.6 Å². The third-order valence-electron chi connectivity index (χ3n) is 8.94. The van der Waals surface area contributed by atoms with Crippen LogP contribution < -0.4 is 22.0 Å². The van der Waals surface area contributed by atoms with E-state index in [2.05, 4.69) is 29.4 Å². The summed E-state index contributed by atoms with van der Waals surface area (Å²) in [6, 6.07) is 14.7. The topological polar surface area (TPSA) is 142 Å². The number of carbonyl (C=O) groups is 2. The lowest BCUT2D eigenvalue weighted by Crippen LogP contribution is -2.58.